The van der Waals surface area contributed by atoms with Crippen molar-refractivity contribution in [3.05, 3.63) is 70.8 Å². The van der Waals surface area contributed by atoms with Gasteiger partial charge in [0.05, 0.1) is 17.4 Å². The third kappa shape index (κ3) is 5.55. The molecule has 8 heteroatoms. The van der Waals surface area contributed by atoms with Gasteiger partial charge in [0.25, 0.3) is 0 Å². The topological polar surface area (TPSA) is 55.4 Å². The zero-order valence-electron chi connectivity index (χ0n) is 14.4. The highest BCUT2D eigenvalue weighted by molar-refractivity contribution is 7.88. The molecule has 2 aromatic rings. The molecule has 2 rings (SSSR count). The molecular formula is C18H20F3NO3S. The molecule has 0 aromatic heterocycles. The molecular weight excluding hydrogens is 367 g/mol. The number of alkyl halides is 3. The summed E-state index contributed by atoms with van der Waals surface area (Å²) in [7, 11) is -2.23. The lowest BCUT2D eigenvalue weighted by atomic mass is 10.0. The fourth-order valence-corrected chi connectivity index (χ4v) is 3.67. The van der Waals surface area contributed by atoms with Crippen LogP contribution in [0.2, 0.25) is 0 Å². The molecule has 0 bridgehead atoms. The van der Waals surface area contributed by atoms with Gasteiger partial charge >= 0.3 is 6.18 Å². The van der Waals surface area contributed by atoms with Crippen molar-refractivity contribution >= 4 is 10.0 Å². The van der Waals surface area contributed by atoms with Crippen LogP contribution < -0.4 is 4.72 Å². The van der Waals surface area contributed by atoms with E-state index in [0.29, 0.717) is 0 Å². The van der Waals surface area contributed by atoms with E-state index in [1.165, 1.54) is 7.11 Å². The molecule has 0 aliphatic heterocycles. The maximum atomic E-state index is 12.6. The van der Waals surface area contributed by atoms with Crippen molar-refractivity contribution in [2.45, 2.75) is 25.0 Å². The molecule has 0 amide bonds. The van der Waals surface area contributed by atoms with Gasteiger partial charge in [-0.1, -0.05) is 36.4 Å². The fraction of sp³-hybridized carbons (Fsp3) is 0.333. The zero-order chi connectivity index (χ0) is 19.4. The van der Waals surface area contributed by atoms with Crippen LogP contribution >= 0.6 is 0 Å². The molecule has 26 heavy (non-hydrogen) atoms. The van der Waals surface area contributed by atoms with Gasteiger partial charge in [-0.05, 0) is 35.7 Å². The average Bonchev–Trinajstić information content (AvgIpc) is 2.56. The largest absolute Gasteiger partial charge is 0.416 e. The number of benzene rings is 2. The predicted molar refractivity (Wildman–Crippen MR) is 93.0 cm³/mol. The average molecular weight is 387 g/mol. The standard InChI is InChI=1S/C18H20F3NO3S/c1-13-5-3-4-6-16(13)17(25-2)11-22-26(23,24)12-14-7-9-15(10-8-14)18(19,20)21/h3-10,17,22H,11-12H2,1-2H3/t17-/m0/s1. The number of sulfonamides is 1. The predicted octanol–water partition coefficient (Wildman–Crippen LogP) is 3.82. The molecule has 0 spiro atoms. The molecule has 2 aromatic carbocycles. The van der Waals surface area contributed by atoms with E-state index in [2.05, 4.69) is 4.72 Å². The summed E-state index contributed by atoms with van der Waals surface area (Å²) in [5.41, 5.74) is 1.30. The molecule has 0 aliphatic rings. The van der Waals surface area contributed by atoms with Crippen molar-refractivity contribution in [1.82, 2.24) is 4.72 Å². The van der Waals surface area contributed by atoms with Gasteiger partial charge in [-0.3, -0.25) is 0 Å². The van der Waals surface area contributed by atoms with E-state index in [1.807, 2.05) is 31.2 Å². The summed E-state index contributed by atoms with van der Waals surface area (Å²) in [4.78, 5) is 0. The molecule has 1 N–H and O–H groups in total. The van der Waals surface area contributed by atoms with Gasteiger partial charge in [-0.15, -0.1) is 0 Å². The molecule has 0 fully saturated rings. The van der Waals surface area contributed by atoms with Gasteiger partial charge in [0.1, 0.15) is 0 Å². The quantitative estimate of drug-likeness (QED) is 0.786. The Labute approximate surface area is 151 Å². The Hall–Kier alpha value is -1.90. The Bertz CT molecular complexity index is 834. The highest BCUT2D eigenvalue weighted by atomic mass is 32.2. The summed E-state index contributed by atoms with van der Waals surface area (Å²) in [6, 6.07) is 11.5. The van der Waals surface area contributed by atoms with Crippen molar-refractivity contribution in [1.29, 1.82) is 0 Å². The van der Waals surface area contributed by atoms with Gasteiger partial charge in [0, 0.05) is 13.7 Å². The van der Waals surface area contributed by atoms with Crippen LogP contribution in [-0.2, 0) is 26.7 Å². The highest BCUT2D eigenvalue weighted by Crippen LogP contribution is 2.29. The number of halogens is 3. The fourth-order valence-electron chi connectivity index (χ4n) is 2.53. The van der Waals surface area contributed by atoms with Crippen LogP contribution in [0.5, 0.6) is 0 Å². The second-order valence-electron chi connectivity index (χ2n) is 5.88. The van der Waals surface area contributed by atoms with Crippen molar-refractivity contribution < 1.29 is 26.3 Å². The van der Waals surface area contributed by atoms with Gasteiger partial charge in [0.15, 0.2) is 0 Å². The maximum absolute atomic E-state index is 12.6. The normalized spacial score (nSPS) is 13.6. The molecule has 0 saturated carbocycles. The van der Waals surface area contributed by atoms with E-state index >= 15 is 0 Å². The van der Waals surface area contributed by atoms with Crippen LogP contribution in [0.4, 0.5) is 13.2 Å². The van der Waals surface area contributed by atoms with Crippen LogP contribution in [0.3, 0.4) is 0 Å². The number of hydrogen-bond acceptors (Lipinski definition) is 3. The molecule has 4 nitrogen and oxygen atoms in total. The minimum Gasteiger partial charge on any atom is -0.375 e. The van der Waals surface area contributed by atoms with Crippen LogP contribution in [0.15, 0.2) is 48.5 Å². The summed E-state index contributed by atoms with van der Waals surface area (Å²) in [5.74, 6) is -0.407. The number of rotatable bonds is 7. The van der Waals surface area contributed by atoms with E-state index in [0.717, 1.165) is 35.4 Å². The van der Waals surface area contributed by atoms with E-state index in [1.54, 1.807) is 0 Å². The number of ether oxygens (including phenoxy) is 1. The third-order valence-corrected chi connectivity index (χ3v) is 5.27. The highest BCUT2D eigenvalue weighted by Gasteiger charge is 2.30. The summed E-state index contributed by atoms with van der Waals surface area (Å²) < 4.78 is 69.9. The van der Waals surface area contributed by atoms with E-state index in [-0.39, 0.29) is 12.1 Å². The zero-order valence-corrected chi connectivity index (χ0v) is 15.2. The number of aryl methyl sites for hydroxylation is 1. The van der Waals surface area contributed by atoms with Crippen LogP contribution in [0.1, 0.15) is 28.4 Å². The Kier molecular flexibility index (Phi) is 6.44. The second kappa shape index (κ2) is 8.20. The maximum Gasteiger partial charge on any atom is 0.416 e. The van der Waals surface area contributed by atoms with Crippen molar-refractivity contribution in [3.63, 3.8) is 0 Å². The van der Waals surface area contributed by atoms with Crippen LogP contribution in [-0.4, -0.2) is 22.1 Å². The van der Waals surface area contributed by atoms with Crippen LogP contribution in [0, 0.1) is 6.92 Å². The number of nitrogens with one attached hydrogen (secondary N) is 1. The lowest BCUT2D eigenvalue weighted by molar-refractivity contribution is -0.137. The summed E-state index contributed by atoms with van der Waals surface area (Å²) in [5, 5.41) is 0. The van der Waals surface area contributed by atoms with E-state index in [4.69, 9.17) is 4.74 Å². The first-order valence-corrected chi connectivity index (χ1v) is 9.49. The van der Waals surface area contributed by atoms with Crippen molar-refractivity contribution in [2.24, 2.45) is 0 Å². The van der Waals surface area contributed by atoms with Crippen LogP contribution in [0.25, 0.3) is 0 Å². The van der Waals surface area contributed by atoms with Gasteiger partial charge < -0.3 is 4.74 Å². The SMILES string of the molecule is CO[C@@H](CNS(=O)(=O)Cc1ccc(C(F)(F)F)cc1)c1ccccc1C. The molecule has 0 unspecified atom stereocenters. The third-order valence-electron chi connectivity index (χ3n) is 3.95. The Balaban J connectivity index is 2.03. The van der Waals surface area contributed by atoms with E-state index < -0.39 is 33.6 Å². The summed E-state index contributed by atoms with van der Waals surface area (Å²) in [6.45, 7) is 1.93. The van der Waals surface area contributed by atoms with Crippen molar-refractivity contribution in [3.8, 4) is 0 Å². The Morgan fingerprint density at radius 3 is 2.23 bits per heavy atom. The molecule has 142 valence electrons. The number of hydrogen-bond donors (Lipinski definition) is 1. The minimum atomic E-state index is -4.45. The van der Waals surface area contributed by atoms with Gasteiger partial charge in [-0.25, -0.2) is 13.1 Å². The molecule has 0 saturated heterocycles. The first-order valence-electron chi connectivity index (χ1n) is 7.84. The Morgan fingerprint density at radius 1 is 1.08 bits per heavy atom. The minimum absolute atomic E-state index is 0.0321. The molecule has 0 aliphatic carbocycles. The first-order chi connectivity index (χ1) is 12.1. The lowest BCUT2D eigenvalue weighted by Crippen LogP contribution is -2.30. The summed E-state index contributed by atoms with van der Waals surface area (Å²) in [6.07, 6.45) is -4.91. The van der Waals surface area contributed by atoms with Crippen molar-refractivity contribution in [2.75, 3.05) is 13.7 Å². The smallest absolute Gasteiger partial charge is 0.375 e. The molecule has 0 heterocycles. The van der Waals surface area contributed by atoms with E-state index in [9.17, 15) is 21.6 Å². The second-order valence-corrected chi connectivity index (χ2v) is 7.69. The Morgan fingerprint density at radius 2 is 1.69 bits per heavy atom. The molecule has 0 radical (unpaired) electrons. The first kappa shape index (κ1) is 20.4. The molecule has 1 atom stereocenters. The van der Waals surface area contributed by atoms with Gasteiger partial charge in [-0.2, -0.15) is 13.2 Å². The van der Waals surface area contributed by atoms with Gasteiger partial charge in [0.2, 0.25) is 10.0 Å². The monoisotopic (exact) mass is 387 g/mol. The lowest BCUT2D eigenvalue weighted by Gasteiger charge is -2.18. The number of methoxy groups -OCH3 is 1. The summed E-state index contributed by atoms with van der Waals surface area (Å²) >= 11 is 0.